The van der Waals surface area contributed by atoms with Crippen molar-refractivity contribution in [3.63, 3.8) is 0 Å². The Hall–Kier alpha value is -1.39. The summed E-state index contributed by atoms with van der Waals surface area (Å²) in [6.07, 6.45) is 6.60. The lowest BCUT2D eigenvalue weighted by molar-refractivity contribution is -0.138. The maximum atomic E-state index is 12.5. The summed E-state index contributed by atoms with van der Waals surface area (Å²) in [5, 5.41) is 9.83. The van der Waals surface area contributed by atoms with Crippen LogP contribution in [0.1, 0.15) is 57.1 Å². The molecule has 1 amide bonds. The fourth-order valence-corrected chi connectivity index (χ4v) is 3.99. The second-order valence-electron chi connectivity index (χ2n) is 8.36. The van der Waals surface area contributed by atoms with Crippen LogP contribution in [0.25, 0.3) is 0 Å². The number of carbonyl (C=O) groups is 1. The van der Waals surface area contributed by atoms with Gasteiger partial charge in [-0.3, -0.25) is 9.69 Å². The van der Waals surface area contributed by atoms with Gasteiger partial charge in [0.1, 0.15) is 0 Å². The van der Waals surface area contributed by atoms with E-state index in [0.717, 1.165) is 32.5 Å². The van der Waals surface area contributed by atoms with Crippen molar-refractivity contribution in [3.8, 4) is 0 Å². The van der Waals surface area contributed by atoms with Crippen LogP contribution in [0.4, 0.5) is 0 Å². The SMILES string of the molecule is CC(C)(O)CCc1ccc(CN2CCN(C3CCCC3)C(=O)C2)cc1. The molecule has 0 radical (unpaired) electrons. The number of benzene rings is 1. The lowest BCUT2D eigenvalue weighted by atomic mass is 9.98. The van der Waals surface area contributed by atoms with Gasteiger partial charge in [-0.15, -0.1) is 0 Å². The van der Waals surface area contributed by atoms with E-state index in [-0.39, 0.29) is 0 Å². The standard InChI is InChI=1S/C21H32N2O2/c1-21(2,25)12-11-17-7-9-18(10-8-17)15-22-13-14-23(20(24)16-22)19-5-3-4-6-19/h7-10,19,25H,3-6,11-16H2,1-2H3. The minimum absolute atomic E-state index is 0.306. The van der Waals surface area contributed by atoms with Crippen LogP contribution < -0.4 is 0 Å². The number of aliphatic hydroxyl groups is 1. The predicted molar refractivity (Wildman–Crippen MR) is 100 cm³/mol. The van der Waals surface area contributed by atoms with Gasteiger partial charge in [0.05, 0.1) is 12.1 Å². The summed E-state index contributed by atoms with van der Waals surface area (Å²) < 4.78 is 0. The molecule has 1 N–H and O–H groups in total. The van der Waals surface area contributed by atoms with Crippen molar-refractivity contribution in [2.45, 2.75) is 70.6 Å². The first-order valence-corrected chi connectivity index (χ1v) is 9.73. The van der Waals surface area contributed by atoms with Crippen LogP contribution in [0.3, 0.4) is 0 Å². The van der Waals surface area contributed by atoms with Crippen LogP contribution in [0.5, 0.6) is 0 Å². The van der Waals surface area contributed by atoms with Crippen LogP contribution >= 0.6 is 0 Å². The molecule has 4 nitrogen and oxygen atoms in total. The first-order valence-electron chi connectivity index (χ1n) is 9.73. The third-order valence-corrected chi connectivity index (χ3v) is 5.56. The average molecular weight is 344 g/mol. The first-order chi connectivity index (χ1) is 11.9. The smallest absolute Gasteiger partial charge is 0.237 e. The maximum absolute atomic E-state index is 12.5. The van der Waals surface area contributed by atoms with Crippen LogP contribution in [0.2, 0.25) is 0 Å². The first kappa shape index (κ1) is 18.4. The summed E-state index contributed by atoms with van der Waals surface area (Å²) in [6.45, 7) is 6.95. The molecule has 0 unspecified atom stereocenters. The lowest BCUT2D eigenvalue weighted by Crippen LogP contribution is -2.53. The van der Waals surface area contributed by atoms with Crippen molar-refractivity contribution in [2.75, 3.05) is 19.6 Å². The molecule has 1 aliphatic heterocycles. The van der Waals surface area contributed by atoms with Crippen molar-refractivity contribution in [1.82, 2.24) is 9.80 Å². The molecular weight excluding hydrogens is 312 g/mol. The Bertz CT molecular complexity index is 571. The fraction of sp³-hybridized carbons (Fsp3) is 0.667. The van der Waals surface area contributed by atoms with Gasteiger partial charge in [-0.25, -0.2) is 0 Å². The van der Waals surface area contributed by atoms with E-state index >= 15 is 0 Å². The maximum Gasteiger partial charge on any atom is 0.237 e. The Morgan fingerprint density at radius 2 is 1.72 bits per heavy atom. The average Bonchev–Trinajstić information content (AvgIpc) is 3.08. The zero-order chi connectivity index (χ0) is 17.9. The van der Waals surface area contributed by atoms with E-state index in [2.05, 4.69) is 34.1 Å². The normalized spacial score (nSPS) is 20.4. The van der Waals surface area contributed by atoms with E-state index in [1.165, 1.54) is 36.8 Å². The van der Waals surface area contributed by atoms with Crippen LogP contribution in [-0.2, 0) is 17.8 Å². The number of nitrogens with zero attached hydrogens (tertiary/aromatic N) is 2. The third-order valence-electron chi connectivity index (χ3n) is 5.56. The number of rotatable bonds is 6. The highest BCUT2D eigenvalue weighted by atomic mass is 16.3. The monoisotopic (exact) mass is 344 g/mol. The molecule has 0 spiro atoms. The van der Waals surface area contributed by atoms with Crippen LogP contribution in [-0.4, -0.2) is 52.1 Å². The summed E-state index contributed by atoms with van der Waals surface area (Å²) in [6, 6.07) is 9.13. The molecule has 138 valence electrons. The van der Waals surface area contributed by atoms with Crippen molar-refractivity contribution in [1.29, 1.82) is 0 Å². The van der Waals surface area contributed by atoms with E-state index < -0.39 is 5.60 Å². The minimum Gasteiger partial charge on any atom is -0.390 e. The van der Waals surface area contributed by atoms with E-state index in [1.54, 1.807) is 0 Å². The predicted octanol–water partition coefficient (Wildman–Crippen LogP) is 2.98. The number of hydrogen-bond acceptors (Lipinski definition) is 3. The molecule has 0 aromatic heterocycles. The third kappa shape index (κ3) is 5.29. The number of aryl methyl sites for hydroxylation is 1. The molecule has 0 bridgehead atoms. The number of hydrogen-bond donors (Lipinski definition) is 1. The highest BCUT2D eigenvalue weighted by molar-refractivity contribution is 5.79. The highest BCUT2D eigenvalue weighted by Gasteiger charge is 2.31. The molecule has 1 aromatic carbocycles. The molecule has 3 rings (SSSR count). The van der Waals surface area contributed by atoms with Crippen molar-refractivity contribution in [3.05, 3.63) is 35.4 Å². The second-order valence-corrected chi connectivity index (χ2v) is 8.36. The van der Waals surface area contributed by atoms with E-state index in [4.69, 9.17) is 0 Å². The zero-order valence-electron chi connectivity index (χ0n) is 15.7. The zero-order valence-corrected chi connectivity index (χ0v) is 15.7. The topological polar surface area (TPSA) is 43.8 Å². The van der Waals surface area contributed by atoms with Gasteiger partial charge in [-0.1, -0.05) is 37.1 Å². The quantitative estimate of drug-likeness (QED) is 0.863. The summed E-state index contributed by atoms with van der Waals surface area (Å²) in [4.78, 5) is 16.9. The molecule has 1 heterocycles. The minimum atomic E-state index is -0.613. The summed E-state index contributed by atoms with van der Waals surface area (Å²) in [5.74, 6) is 0.306. The van der Waals surface area contributed by atoms with Crippen LogP contribution in [0.15, 0.2) is 24.3 Å². The summed E-state index contributed by atoms with van der Waals surface area (Å²) >= 11 is 0. The van der Waals surface area contributed by atoms with Crippen molar-refractivity contribution in [2.24, 2.45) is 0 Å². The van der Waals surface area contributed by atoms with Gasteiger partial charge < -0.3 is 10.0 Å². The molecule has 0 atom stereocenters. The van der Waals surface area contributed by atoms with Gasteiger partial charge in [0.2, 0.25) is 5.91 Å². The molecule has 1 aromatic rings. The summed E-state index contributed by atoms with van der Waals surface area (Å²) in [5.41, 5.74) is 1.90. The molecule has 2 aliphatic rings. The highest BCUT2D eigenvalue weighted by Crippen LogP contribution is 2.25. The van der Waals surface area contributed by atoms with Gasteiger partial charge >= 0.3 is 0 Å². The number of amides is 1. The van der Waals surface area contributed by atoms with Crippen molar-refractivity contribution < 1.29 is 9.90 Å². The fourth-order valence-electron chi connectivity index (χ4n) is 3.99. The Morgan fingerprint density at radius 1 is 1.08 bits per heavy atom. The summed E-state index contributed by atoms with van der Waals surface area (Å²) in [7, 11) is 0. The molecular formula is C21H32N2O2. The number of carbonyl (C=O) groups excluding carboxylic acids is 1. The Morgan fingerprint density at radius 3 is 2.32 bits per heavy atom. The molecule has 2 fully saturated rings. The Kier molecular flexibility index (Phi) is 5.80. The molecule has 4 heteroatoms. The van der Waals surface area contributed by atoms with E-state index in [1.807, 2.05) is 13.8 Å². The van der Waals surface area contributed by atoms with Crippen molar-refractivity contribution >= 4 is 5.91 Å². The lowest BCUT2D eigenvalue weighted by Gasteiger charge is -2.37. The van der Waals surface area contributed by atoms with Gasteiger partial charge in [-0.05, 0) is 50.7 Å². The van der Waals surface area contributed by atoms with Gasteiger partial charge in [0.25, 0.3) is 0 Å². The van der Waals surface area contributed by atoms with Gasteiger partial charge in [-0.2, -0.15) is 0 Å². The molecule has 1 aliphatic carbocycles. The molecule has 1 saturated heterocycles. The largest absolute Gasteiger partial charge is 0.390 e. The van der Waals surface area contributed by atoms with E-state index in [0.29, 0.717) is 18.5 Å². The van der Waals surface area contributed by atoms with E-state index in [9.17, 15) is 9.90 Å². The molecule has 25 heavy (non-hydrogen) atoms. The van der Waals surface area contributed by atoms with Gasteiger partial charge in [0, 0.05) is 25.7 Å². The second kappa shape index (κ2) is 7.88. The van der Waals surface area contributed by atoms with Crippen LogP contribution in [0, 0.1) is 0 Å². The van der Waals surface area contributed by atoms with Gasteiger partial charge in [0.15, 0.2) is 0 Å². The Labute approximate surface area is 151 Å². The Balaban J connectivity index is 1.49. The molecule has 1 saturated carbocycles. The number of piperazine rings is 1.